The molecule has 26 heavy (non-hydrogen) atoms. The van der Waals surface area contributed by atoms with Gasteiger partial charge in [-0.15, -0.1) is 0 Å². The predicted molar refractivity (Wildman–Crippen MR) is 107 cm³/mol. The van der Waals surface area contributed by atoms with Gasteiger partial charge in [-0.2, -0.15) is 0 Å². The molecule has 0 heterocycles. The Hall–Kier alpha value is -2.87. The molecule has 3 aromatic carbocycles. The standard InChI is InChI=1S/C24H25NO/c1-2-3-19-23(26)25-24(20-13-7-4-8-14-20,21-15-9-5-10-16-21)22-17-11-6-12-18-22/h4-18H,2-3,19H2,1H3,(H,25,26). The largest absolute Gasteiger partial charge is 0.338 e. The Kier molecular flexibility index (Phi) is 5.85. The maximum Gasteiger partial charge on any atom is 0.221 e. The highest BCUT2D eigenvalue weighted by molar-refractivity contribution is 5.79. The van der Waals surface area contributed by atoms with Crippen molar-refractivity contribution < 1.29 is 4.79 Å². The molecular formula is C24H25NO. The molecule has 0 aliphatic carbocycles. The van der Waals surface area contributed by atoms with Crippen molar-refractivity contribution in [3.63, 3.8) is 0 Å². The highest BCUT2D eigenvalue weighted by Crippen LogP contribution is 2.36. The molecule has 0 unspecified atom stereocenters. The first-order chi connectivity index (χ1) is 12.8. The molecule has 0 aliphatic rings. The summed E-state index contributed by atoms with van der Waals surface area (Å²) in [4.78, 5) is 12.8. The fourth-order valence-corrected chi connectivity index (χ4v) is 3.39. The monoisotopic (exact) mass is 343 g/mol. The van der Waals surface area contributed by atoms with Gasteiger partial charge >= 0.3 is 0 Å². The van der Waals surface area contributed by atoms with Crippen molar-refractivity contribution in [2.24, 2.45) is 0 Å². The number of unbranched alkanes of at least 4 members (excludes halogenated alkanes) is 1. The molecule has 0 spiro atoms. The molecule has 0 atom stereocenters. The summed E-state index contributed by atoms with van der Waals surface area (Å²) < 4.78 is 0. The smallest absolute Gasteiger partial charge is 0.221 e. The van der Waals surface area contributed by atoms with Gasteiger partial charge in [0.1, 0.15) is 5.54 Å². The first-order valence-corrected chi connectivity index (χ1v) is 9.25. The van der Waals surface area contributed by atoms with Crippen LogP contribution in [0.15, 0.2) is 91.0 Å². The Morgan fingerprint density at radius 1 is 0.731 bits per heavy atom. The average molecular weight is 343 g/mol. The highest BCUT2D eigenvalue weighted by atomic mass is 16.1. The van der Waals surface area contributed by atoms with Crippen LogP contribution in [0, 0.1) is 0 Å². The van der Waals surface area contributed by atoms with Crippen LogP contribution < -0.4 is 5.32 Å². The Morgan fingerprint density at radius 2 is 1.12 bits per heavy atom. The maximum atomic E-state index is 12.8. The van der Waals surface area contributed by atoms with Crippen LogP contribution in [0.4, 0.5) is 0 Å². The molecule has 0 aromatic heterocycles. The van der Waals surface area contributed by atoms with Crippen LogP contribution in [0.1, 0.15) is 42.9 Å². The van der Waals surface area contributed by atoms with E-state index in [4.69, 9.17) is 0 Å². The van der Waals surface area contributed by atoms with Crippen LogP contribution in [0.3, 0.4) is 0 Å². The van der Waals surface area contributed by atoms with Crippen molar-refractivity contribution in [3.05, 3.63) is 108 Å². The summed E-state index contributed by atoms with van der Waals surface area (Å²) in [6.07, 6.45) is 2.42. The van der Waals surface area contributed by atoms with Gasteiger partial charge in [0, 0.05) is 6.42 Å². The van der Waals surface area contributed by atoms with Crippen molar-refractivity contribution in [1.29, 1.82) is 0 Å². The number of hydrogen-bond acceptors (Lipinski definition) is 1. The number of rotatable bonds is 7. The Balaban J connectivity index is 2.19. The summed E-state index contributed by atoms with van der Waals surface area (Å²) in [5.74, 6) is 0.0726. The van der Waals surface area contributed by atoms with Crippen molar-refractivity contribution >= 4 is 5.91 Å². The van der Waals surface area contributed by atoms with E-state index in [0.29, 0.717) is 6.42 Å². The third kappa shape index (κ3) is 3.70. The molecule has 2 nitrogen and oxygen atoms in total. The lowest BCUT2D eigenvalue weighted by Gasteiger charge is -2.37. The van der Waals surface area contributed by atoms with E-state index in [9.17, 15) is 4.79 Å². The lowest BCUT2D eigenvalue weighted by Crippen LogP contribution is -2.47. The van der Waals surface area contributed by atoms with Crippen molar-refractivity contribution in [2.45, 2.75) is 31.7 Å². The second kappa shape index (κ2) is 8.48. The average Bonchev–Trinajstić information content (AvgIpc) is 2.72. The molecule has 0 saturated carbocycles. The zero-order valence-electron chi connectivity index (χ0n) is 15.2. The normalized spacial score (nSPS) is 11.1. The van der Waals surface area contributed by atoms with Gasteiger partial charge < -0.3 is 5.32 Å². The number of carbonyl (C=O) groups is 1. The quantitative estimate of drug-likeness (QED) is 0.581. The molecule has 0 aliphatic heterocycles. The molecule has 0 bridgehead atoms. The predicted octanol–water partition coefficient (Wildman–Crippen LogP) is 5.28. The SMILES string of the molecule is CCCCC(=O)NC(c1ccccc1)(c1ccccc1)c1ccccc1. The van der Waals surface area contributed by atoms with Crippen LogP contribution in [0.5, 0.6) is 0 Å². The van der Waals surface area contributed by atoms with E-state index in [1.807, 2.05) is 54.6 Å². The molecule has 2 heteroatoms. The van der Waals surface area contributed by atoms with E-state index >= 15 is 0 Å². The van der Waals surface area contributed by atoms with Crippen LogP contribution in [0.25, 0.3) is 0 Å². The summed E-state index contributed by atoms with van der Waals surface area (Å²) >= 11 is 0. The Morgan fingerprint density at radius 3 is 1.46 bits per heavy atom. The van der Waals surface area contributed by atoms with E-state index in [1.54, 1.807) is 0 Å². The second-order valence-electron chi connectivity index (χ2n) is 6.50. The van der Waals surface area contributed by atoms with E-state index < -0.39 is 5.54 Å². The van der Waals surface area contributed by atoms with Gasteiger partial charge in [0.2, 0.25) is 5.91 Å². The van der Waals surface area contributed by atoms with Crippen LogP contribution in [0.2, 0.25) is 0 Å². The van der Waals surface area contributed by atoms with E-state index in [0.717, 1.165) is 29.5 Å². The zero-order chi connectivity index (χ0) is 18.2. The minimum atomic E-state index is -0.700. The molecule has 132 valence electrons. The summed E-state index contributed by atoms with van der Waals surface area (Å²) in [6, 6.07) is 30.6. The first kappa shape index (κ1) is 17.9. The highest BCUT2D eigenvalue weighted by Gasteiger charge is 2.37. The van der Waals surface area contributed by atoms with E-state index in [2.05, 4.69) is 48.6 Å². The van der Waals surface area contributed by atoms with Crippen molar-refractivity contribution in [2.75, 3.05) is 0 Å². The summed E-state index contributed by atoms with van der Waals surface area (Å²) in [5.41, 5.74) is 2.47. The lowest BCUT2D eigenvalue weighted by atomic mass is 9.77. The zero-order valence-corrected chi connectivity index (χ0v) is 15.2. The topological polar surface area (TPSA) is 29.1 Å². The molecule has 0 radical (unpaired) electrons. The second-order valence-corrected chi connectivity index (χ2v) is 6.50. The van der Waals surface area contributed by atoms with E-state index in [-0.39, 0.29) is 5.91 Å². The number of amides is 1. The minimum absolute atomic E-state index is 0.0726. The number of carbonyl (C=O) groups excluding carboxylic acids is 1. The van der Waals surface area contributed by atoms with Gasteiger partial charge in [0.15, 0.2) is 0 Å². The molecule has 3 aromatic rings. The van der Waals surface area contributed by atoms with Gasteiger partial charge in [0.05, 0.1) is 0 Å². The van der Waals surface area contributed by atoms with Gasteiger partial charge in [-0.1, -0.05) is 104 Å². The van der Waals surface area contributed by atoms with Gasteiger partial charge in [-0.3, -0.25) is 4.79 Å². The molecule has 3 rings (SSSR count). The number of benzene rings is 3. The fraction of sp³-hybridized carbons (Fsp3) is 0.208. The van der Waals surface area contributed by atoms with Crippen LogP contribution in [-0.2, 0) is 10.3 Å². The van der Waals surface area contributed by atoms with Gasteiger partial charge in [-0.05, 0) is 23.1 Å². The number of hydrogen-bond donors (Lipinski definition) is 1. The number of nitrogens with one attached hydrogen (secondary N) is 1. The summed E-state index contributed by atoms with van der Waals surface area (Å²) in [7, 11) is 0. The fourth-order valence-electron chi connectivity index (χ4n) is 3.39. The Labute approximate surface area is 155 Å². The van der Waals surface area contributed by atoms with Gasteiger partial charge in [-0.25, -0.2) is 0 Å². The first-order valence-electron chi connectivity index (χ1n) is 9.25. The molecule has 1 N–H and O–H groups in total. The van der Waals surface area contributed by atoms with E-state index in [1.165, 1.54) is 0 Å². The lowest BCUT2D eigenvalue weighted by molar-refractivity contribution is -0.122. The maximum absolute atomic E-state index is 12.8. The minimum Gasteiger partial charge on any atom is -0.338 e. The van der Waals surface area contributed by atoms with Crippen LogP contribution >= 0.6 is 0 Å². The van der Waals surface area contributed by atoms with Crippen molar-refractivity contribution in [3.8, 4) is 0 Å². The van der Waals surface area contributed by atoms with Gasteiger partial charge in [0.25, 0.3) is 0 Å². The summed E-state index contributed by atoms with van der Waals surface area (Å²) in [6.45, 7) is 2.10. The molecule has 0 saturated heterocycles. The Bertz CT molecular complexity index is 716. The summed E-state index contributed by atoms with van der Waals surface area (Å²) in [5, 5.41) is 3.38. The molecule has 1 amide bonds. The third-order valence-corrected chi connectivity index (χ3v) is 4.70. The van der Waals surface area contributed by atoms with Crippen LogP contribution in [-0.4, -0.2) is 5.91 Å². The molecule has 0 fully saturated rings. The third-order valence-electron chi connectivity index (χ3n) is 4.70. The van der Waals surface area contributed by atoms with Crippen molar-refractivity contribution in [1.82, 2.24) is 5.32 Å². The molecular weight excluding hydrogens is 318 g/mol.